The van der Waals surface area contributed by atoms with Crippen molar-refractivity contribution in [3.05, 3.63) is 179 Å². The van der Waals surface area contributed by atoms with E-state index < -0.39 is 0 Å². The fraction of sp³-hybridized carbons (Fsp3) is 0.294. The van der Waals surface area contributed by atoms with Gasteiger partial charge in [0, 0.05) is 85.6 Å². The second-order valence-corrected chi connectivity index (χ2v) is 15.3. The molecule has 0 saturated heterocycles. The van der Waals surface area contributed by atoms with Gasteiger partial charge in [0.25, 0.3) is 0 Å². The second-order valence-electron chi connectivity index (χ2n) is 15.3. The highest BCUT2D eigenvalue weighted by atomic mass is 16.3. The highest BCUT2D eigenvalue weighted by Crippen LogP contribution is 2.37. The molecule has 0 aromatic heterocycles. The van der Waals surface area contributed by atoms with Crippen LogP contribution in [0.5, 0.6) is 0 Å². The van der Waals surface area contributed by atoms with E-state index in [1.54, 1.807) is 0 Å². The average Bonchev–Trinajstić information content (AvgIpc) is 3.29. The van der Waals surface area contributed by atoms with Crippen LogP contribution in [-0.2, 0) is 38.5 Å². The fourth-order valence-corrected chi connectivity index (χ4v) is 7.44. The molecule has 0 amide bonds. The van der Waals surface area contributed by atoms with Crippen molar-refractivity contribution in [1.82, 2.24) is 0 Å². The number of benzene rings is 6. The third-order valence-corrected chi connectivity index (χ3v) is 11.0. The Labute approximate surface area is 348 Å². The molecule has 6 aromatic carbocycles. The van der Waals surface area contributed by atoms with E-state index in [0.717, 1.165) is 76.5 Å². The van der Waals surface area contributed by atoms with Crippen molar-refractivity contribution >= 4 is 34.1 Å². The Morgan fingerprint density at radius 3 is 0.797 bits per heavy atom. The zero-order chi connectivity index (χ0) is 41.4. The van der Waals surface area contributed by atoms with Gasteiger partial charge < -0.3 is 40.4 Å². The van der Waals surface area contributed by atoms with Crippen molar-refractivity contribution in [1.29, 1.82) is 0 Å². The first-order valence-electron chi connectivity index (χ1n) is 20.7. The normalized spacial score (nSPS) is 11.4. The van der Waals surface area contributed by atoms with Crippen LogP contribution in [0.2, 0.25) is 0 Å². The highest BCUT2D eigenvalue weighted by molar-refractivity contribution is 5.78. The summed E-state index contributed by atoms with van der Waals surface area (Å²) in [6.07, 6.45) is 5.13. The van der Waals surface area contributed by atoms with Crippen LogP contribution in [-0.4, -0.2) is 70.3 Å². The van der Waals surface area contributed by atoms with Gasteiger partial charge in [-0.3, -0.25) is 0 Å². The summed E-state index contributed by atoms with van der Waals surface area (Å²) in [4.78, 5) is 4.45. The lowest BCUT2D eigenvalue weighted by molar-refractivity contribution is 0.150. The molecule has 0 radical (unpaired) electrons. The van der Waals surface area contributed by atoms with E-state index in [4.69, 9.17) is 0 Å². The number of hydrogen-bond acceptors (Lipinski definition) is 8. The van der Waals surface area contributed by atoms with Crippen LogP contribution >= 0.6 is 0 Å². The van der Waals surface area contributed by atoms with Gasteiger partial charge in [-0.05, 0) is 151 Å². The van der Waals surface area contributed by atoms with Gasteiger partial charge in [-0.2, -0.15) is 0 Å². The van der Waals surface area contributed by atoms with Crippen LogP contribution in [0.3, 0.4) is 0 Å². The maximum absolute atomic E-state index is 9.60. The van der Waals surface area contributed by atoms with E-state index in [1.807, 2.05) is 0 Å². The molecule has 8 nitrogen and oxygen atoms in total. The summed E-state index contributed by atoms with van der Waals surface area (Å²) in [5, 5.41) is 57.1. The summed E-state index contributed by atoms with van der Waals surface area (Å²) < 4.78 is 0. The number of hydrogen-bond donors (Lipinski definition) is 6. The summed E-state index contributed by atoms with van der Waals surface area (Å²) >= 11 is 0. The molecule has 0 bridgehead atoms. The minimum Gasteiger partial charge on any atom is -0.396 e. The van der Waals surface area contributed by atoms with Gasteiger partial charge in [0.2, 0.25) is 0 Å². The Bertz CT molecular complexity index is 2100. The Kier molecular flexibility index (Phi) is 16.3. The lowest BCUT2D eigenvalue weighted by atomic mass is 10.00. The first-order valence-corrected chi connectivity index (χ1v) is 20.7. The Morgan fingerprint density at radius 1 is 0.288 bits per heavy atom. The van der Waals surface area contributed by atoms with Gasteiger partial charge in [0.05, 0.1) is 0 Å². The fourth-order valence-electron chi connectivity index (χ4n) is 7.44. The minimum atomic E-state index is -0.183. The van der Waals surface area contributed by atoms with Crippen LogP contribution in [0.4, 0.5) is 34.1 Å². The van der Waals surface area contributed by atoms with Crippen LogP contribution in [0, 0.1) is 11.8 Å². The Morgan fingerprint density at radius 2 is 0.542 bits per heavy atom. The van der Waals surface area contributed by atoms with E-state index >= 15 is 0 Å². The molecule has 0 spiro atoms. The number of aliphatic hydroxyl groups is 6. The van der Waals surface area contributed by atoms with Crippen molar-refractivity contribution in [2.24, 2.45) is 11.8 Å². The molecule has 0 unspecified atom stereocenters. The second kappa shape index (κ2) is 22.2. The zero-order valence-electron chi connectivity index (χ0n) is 33.8. The van der Waals surface area contributed by atoms with Crippen LogP contribution in [0.15, 0.2) is 146 Å². The quantitative estimate of drug-likeness (QED) is 0.0407. The molecule has 0 aliphatic heterocycles. The summed E-state index contributed by atoms with van der Waals surface area (Å²) in [5.41, 5.74) is 13.0. The SMILES string of the molecule is OCCCc1ccc(N(c2ccc(CCc3ccc(N(c4ccc(CCO)cc4)c4ccc(CC(CO)CO)cc4)cc3)cc2)c2ccc(CC(CO)CO)cc2)cc1. The van der Waals surface area contributed by atoms with Gasteiger partial charge in [0.1, 0.15) is 0 Å². The van der Waals surface area contributed by atoms with Gasteiger partial charge >= 0.3 is 0 Å². The van der Waals surface area contributed by atoms with E-state index in [-0.39, 0.29) is 51.5 Å². The molecule has 0 heterocycles. The summed E-state index contributed by atoms with van der Waals surface area (Å²) in [7, 11) is 0. The monoisotopic (exact) mass is 794 g/mol. The maximum Gasteiger partial charge on any atom is 0.0484 e. The lowest BCUT2D eigenvalue weighted by Gasteiger charge is -2.26. The van der Waals surface area contributed by atoms with E-state index in [2.05, 4.69) is 155 Å². The van der Waals surface area contributed by atoms with Gasteiger partial charge in [-0.25, -0.2) is 0 Å². The molecule has 0 aliphatic carbocycles. The average molecular weight is 795 g/mol. The molecule has 0 saturated carbocycles. The molecular weight excluding hydrogens is 737 g/mol. The minimum absolute atomic E-state index is 0.0534. The topological polar surface area (TPSA) is 128 Å². The first kappa shape index (κ1) is 43.3. The van der Waals surface area contributed by atoms with Gasteiger partial charge in [-0.1, -0.05) is 72.8 Å². The molecule has 308 valence electrons. The molecule has 0 aliphatic rings. The molecular formula is C51H58N2O6. The lowest BCUT2D eigenvalue weighted by Crippen LogP contribution is -2.14. The van der Waals surface area contributed by atoms with Crippen molar-refractivity contribution in [2.45, 2.75) is 44.9 Å². The highest BCUT2D eigenvalue weighted by Gasteiger charge is 2.16. The summed E-state index contributed by atoms with van der Waals surface area (Å²) in [5.74, 6) is -0.365. The first-order chi connectivity index (χ1) is 28.9. The van der Waals surface area contributed by atoms with Crippen LogP contribution in [0.1, 0.15) is 39.8 Å². The molecule has 6 aromatic rings. The van der Waals surface area contributed by atoms with Crippen molar-refractivity contribution in [2.75, 3.05) is 49.4 Å². The zero-order valence-corrected chi connectivity index (χ0v) is 33.8. The molecule has 0 atom stereocenters. The number of nitrogens with zero attached hydrogens (tertiary/aromatic N) is 2. The number of aliphatic hydroxyl groups excluding tert-OH is 6. The smallest absolute Gasteiger partial charge is 0.0484 e. The van der Waals surface area contributed by atoms with Gasteiger partial charge in [0.15, 0.2) is 0 Å². The predicted molar refractivity (Wildman–Crippen MR) is 239 cm³/mol. The largest absolute Gasteiger partial charge is 0.396 e. The molecule has 0 fully saturated rings. The van der Waals surface area contributed by atoms with Crippen molar-refractivity contribution < 1.29 is 30.6 Å². The number of aryl methyl sites for hydroxylation is 3. The summed E-state index contributed by atoms with van der Waals surface area (Å²) in [6.45, 7) is 0.0573. The van der Waals surface area contributed by atoms with Crippen LogP contribution < -0.4 is 9.80 Å². The third-order valence-electron chi connectivity index (χ3n) is 11.0. The standard InChI is InChI=1S/C51H58N2O6/c54-30-1-2-38-5-17-46(18-6-38)52(50-25-13-42(14-26-50)32-44(34-56)35-57)47-19-7-39(8-20-47)3-4-40-9-21-48(22-10-40)53(49-23-11-41(12-24-49)29-31-55)51-27-15-43(16-28-51)33-45(36-58)37-59/h5-28,44-45,54-59H,1-4,29-37H2. The molecule has 6 N–H and O–H groups in total. The maximum atomic E-state index is 9.60. The summed E-state index contributed by atoms with van der Waals surface area (Å²) in [6, 6.07) is 50.8. The third kappa shape index (κ3) is 11.9. The van der Waals surface area contributed by atoms with Crippen molar-refractivity contribution in [3.8, 4) is 0 Å². The van der Waals surface area contributed by atoms with E-state index in [9.17, 15) is 30.6 Å². The Hall–Kier alpha value is -5.32. The van der Waals surface area contributed by atoms with E-state index in [0.29, 0.717) is 19.3 Å². The predicted octanol–water partition coefficient (Wildman–Crippen LogP) is 8.16. The molecule has 6 rings (SSSR count). The number of anilines is 6. The van der Waals surface area contributed by atoms with Crippen molar-refractivity contribution in [3.63, 3.8) is 0 Å². The van der Waals surface area contributed by atoms with E-state index in [1.165, 1.54) is 16.7 Å². The molecule has 8 heteroatoms. The molecule has 59 heavy (non-hydrogen) atoms. The van der Waals surface area contributed by atoms with Gasteiger partial charge in [-0.15, -0.1) is 0 Å². The number of rotatable bonds is 22. The van der Waals surface area contributed by atoms with Crippen LogP contribution in [0.25, 0.3) is 0 Å². The Balaban J connectivity index is 1.18.